The molecule has 0 aromatic heterocycles. The van der Waals surface area contributed by atoms with Crippen molar-refractivity contribution in [1.29, 1.82) is 0 Å². The van der Waals surface area contributed by atoms with Crippen LogP contribution in [0.4, 0.5) is 4.79 Å². The predicted molar refractivity (Wildman–Crippen MR) is 68.5 cm³/mol. The summed E-state index contributed by atoms with van der Waals surface area (Å²) in [5.74, 6) is -0.212. The fourth-order valence-electron chi connectivity index (χ4n) is 2.59. The smallest absolute Gasteiger partial charge is 0.410 e. The van der Waals surface area contributed by atoms with Gasteiger partial charge in [-0.2, -0.15) is 0 Å². The van der Waals surface area contributed by atoms with Crippen LogP contribution < -0.4 is 0 Å². The van der Waals surface area contributed by atoms with Crippen molar-refractivity contribution >= 4 is 12.0 Å². The van der Waals surface area contributed by atoms with Crippen LogP contribution in [-0.4, -0.2) is 64.3 Å². The Hall–Kier alpha value is -1.30. The summed E-state index contributed by atoms with van der Waals surface area (Å²) in [6, 6.07) is -0.0856. The normalized spacial score (nSPS) is 28.1. The van der Waals surface area contributed by atoms with Gasteiger partial charge in [-0.1, -0.05) is 0 Å². The number of nitrogens with zero attached hydrogens (tertiary/aromatic N) is 2. The first-order valence-electron chi connectivity index (χ1n) is 6.74. The molecule has 0 saturated carbocycles. The van der Waals surface area contributed by atoms with E-state index in [-0.39, 0.29) is 18.0 Å². The van der Waals surface area contributed by atoms with Gasteiger partial charge in [0.1, 0.15) is 11.7 Å². The Morgan fingerprint density at radius 2 is 2.05 bits per heavy atom. The highest BCUT2D eigenvalue weighted by Crippen LogP contribution is 2.24. The zero-order chi connectivity index (χ0) is 14.2. The number of aliphatic hydroxyl groups excluding tert-OH is 1. The van der Waals surface area contributed by atoms with Crippen molar-refractivity contribution < 1.29 is 19.4 Å². The number of amides is 2. The van der Waals surface area contributed by atoms with Crippen molar-refractivity contribution in [2.75, 3.05) is 19.6 Å². The van der Waals surface area contributed by atoms with E-state index in [4.69, 9.17) is 4.74 Å². The van der Waals surface area contributed by atoms with Gasteiger partial charge in [-0.3, -0.25) is 4.79 Å². The van der Waals surface area contributed by atoms with E-state index in [1.165, 1.54) is 0 Å². The Balaban J connectivity index is 2.02. The van der Waals surface area contributed by atoms with Crippen LogP contribution in [0.15, 0.2) is 0 Å². The largest absolute Gasteiger partial charge is 0.444 e. The highest BCUT2D eigenvalue weighted by Gasteiger charge is 2.41. The molecule has 0 radical (unpaired) electrons. The van der Waals surface area contributed by atoms with Gasteiger partial charge in [-0.15, -0.1) is 0 Å². The molecule has 0 aromatic carbocycles. The fourth-order valence-corrected chi connectivity index (χ4v) is 2.59. The molecule has 19 heavy (non-hydrogen) atoms. The number of carbonyl (C=O) groups is 2. The molecule has 108 valence electrons. The van der Waals surface area contributed by atoms with E-state index < -0.39 is 11.7 Å². The van der Waals surface area contributed by atoms with Gasteiger partial charge in [0.05, 0.1) is 6.04 Å². The van der Waals surface area contributed by atoms with Crippen LogP contribution in [0.3, 0.4) is 0 Å². The van der Waals surface area contributed by atoms with Crippen molar-refractivity contribution in [2.24, 2.45) is 0 Å². The highest BCUT2D eigenvalue weighted by atomic mass is 16.6. The third kappa shape index (κ3) is 3.18. The lowest BCUT2D eigenvalue weighted by molar-refractivity contribution is -0.135. The van der Waals surface area contributed by atoms with Crippen molar-refractivity contribution in [3.63, 3.8) is 0 Å². The Morgan fingerprint density at radius 1 is 1.37 bits per heavy atom. The molecule has 0 spiro atoms. The minimum absolute atomic E-state index is 0.0856. The zero-order valence-electron chi connectivity index (χ0n) is 11.8. The first-order valence-corrected chi connectivity index (χ1v) is 6.74. The topological polar surface area (TPSA) is 70.1 Å². The van der Waals surface area contributed by atoms with Crippen LogP contribution in [0.2, 0.25) is 0 Å². The number of fused-ring (bicyclic) bond motifs is 1. The van der Waals surface area contributed by atoms with Gasteiger partial charge >= 0.3 is 6.09 Å². The van der Waals surface area contributed by atoms with E-state index in [1.54, 1.807) is 9.80 Å². The molecular weight excluding hydrogens is 248 g/mol. The van der Waals surface area contributed by atoms with Crippen LogP contribution >= 0.6 is 0 Å². The first kappa shape index (κ1) is 14.1. The average Bonchev–Trinajstić information content (AvgIpc) is 2.49. The number of hydrogen-bond acceptors (Lipinski definition) is 4. The minimum Gasteiger partial charge on any atom is -0.444 e. The molecule has 2 amide bonds. The quantitative estimate of drug-likeness (QED) is 0.699. The number of carbonyl (C=O) groups excluding carboxylic acids is 2. The summed E-state index contributed by atoms with van der Waals surface area (Å²) in [5.41, 5.74) is -0.520. The van der Waals surface area contributed by atoms with Crippen LogP contribution in [-0.2, 0) is 9.53 Å². The molecule has 1 N–H and O–H groups in total. The van der Waals surface area contributed by atoms with Gasteiger partial charge in [0.2, 0.25) is 0 Å². The minimum atomic E-state index is -0.913. The molecule has 2 saturated heterocycles. The van der Waals surface area contributed by atoms with Crippen LogP contribution in [0, 0.1) is 0 Å². The monoisotopic (exact) mass is 270 g/mol. The first-order chi connectivity index (χ1) is 8.78. The number of rotatable bonds is 0. The summed E-state index contributed by atoms with van der Waals surface area (Å²) in [4.78, 5) is 27.1. The van der Waals surface area contributed by atoms with Gasteiger partial charge in [-0.25, -0.2) is 4.79 Å². The maximum atomic E-state index is 12.1. The maximum absolute atomic E-state index is 12.1. The third-order valence-corrected chi connectivity index (χ3v) is 3.41. The number of hydrogen-bond donors (Lipinski definition) is 1. The van der Waals surface area contributed by atoms with Crippen LogP contribution in [0.25, 0.3) is 0 Å². The number of aliphatic hydroxyl groups is 1. The van der Waals surface area contributed by atoms with E-state index in [9.17, 15) is 14.7 Å². The molecule has 2 rings (SSSR count). The summed E-state index contributed by atoms with van der Waals surface area (Å²) in [7, 11) is 0. The zero-order valence-corrected chi connectivity index (χ0v) is 11.8. The molecule has 0 aliphatic carbocycles. The summed E-state index contributed by atoms with van der Waals surface area (Å²) >= 11 is 0. The summed E-state index contributed by atoms with van der Waals surface area (Å²) in [5, 5.41) is 9.61. The molecule has 0 unspecified atom stereocenters. The second-order valence-corrected chi connectivity index (χ2v) is 6.22. The van der Waals surface area contributed by atoms with E-state index >= 15 is 0 Å². The van der Waals surface area contributed by atoms with Crippen molar-refractivity contribution in [1.82, 2.24) is 9.80 Å². The van der Waals surface area contributed by atoms with Crippen molar-refractivity contribution in [3.8, 4) is 0 Å². The van der Waals surface area contributed by atoms with Crippen molar-refractivity contribution in [2.45, 2.75) is 51.4 Å². The number of ether oxygens (including phenoxy) is 1. The Bertz CT molecular complexity index is 377. The fraction of sp³-hybridized carbons (Fsp3) is 0.846. The van der Waals surface area contributed by atoms with Gasteiger partial charge in [0.25, 0.3) is 5.91 Å². The molecule has 6 nitrogen and oxygen atoms in total. The second-order valence-electron chi connectivity index (χ2n) is 6.22. The van der Waals surface area contributed by atoms with Gasteiger partial charge < -0.3 is 19.6 Å². The lowest BCUT2D eigenvalue weighted by Gasteiger charge is -2.28. The molecule has 0 aromatic rings. The molecule has 0 bridgehead atoms. The Kier molecular flexibility index (Phi) is 3.71. The molecule has 2 atom stereocenters. The van der Waals surface area contributed by atoms with E-state index in [0.29, 0.717) is 32.5 Å². The standard InChI is InChI=1S/C13H22N2O4/c1-13(2,3)19-12(18)14-5-4-6-15-9(8-14)7-10(16)11(15)17/h9-10,16H,4-8H2,1-3H3/t9-,10+/m0/s1. The summed E-state index contributed by atoms with van der Waals surface area (Å²) in [6.07, 6.45) is -0.140. The average molecular weight is 270 g/mol. The lowest BCUT2D eigenvalue weighted by atomic mass is 10.2. The van der Waals surface area contributed by atoms with Crippen LogP contribution in [0.1, 0.15) is 33.6 Å². The summed E-state index contributed by atoms with van der Waals surface area (Å²) in [6.45, 7) is 7.12. The molecule has 2 aliphatic heterocycles. The molecular formula is C13H22N2O4. The van der Waals surface area contributed by atoms with Crippen LogP contribution in [0.5, 0.6) is 0 Å². The lowest BCUT2D eigenvalue weighted by Crippen LogP contribution is -2.42. The Morgan fingerprint density at radius 3 is 2.68 bits per heavy atom. The van der Waals surface area contributed by atoms with E-state index in [2.05, 4.69) is 0 Å². The molecule has 2 heterocycles. The SMILES string of the molecule is CC(C)(C)OC(=O)N1CCCN2C(=O)[C@H](O)C[C@H]2C1. The molecule has 2 fully saturated rings. The second kappa shape index (κ2) is 5.00. The summed E-state index contributed by atoms with van der Waals surface area (Å²) < 4.78 is 5.36. The van der Waals surface area contributed by atoms with Gasteiger partial charge in [-0.05, 0) is 27.2 Å². The van der Waals surface area contributed by atoms with Gasteiger partial charge in [0, 0.05) is 26.1 Å². The van der Waals surface area contributed by atoms with E-state index in [1.807, 2.05) is 20.8 Å². The van der Waals surface area contributed by atoms with E-state index in [0.717, 1.165) is 0 Å². The van der Waals surface area contributed by atoms with Crippen molar-refractivity contribution in [3.05, 3.63) is 0 Å². The third-order valence-electron chi connectivity index (χ3n) is 3.41. The van der Waals surface area contributed by atoms with Gasteiger partial charge in [0.15, 0.2) is 0 Å². The molecule has 2 aliphatic rings. The Labute approximate surface area is 113 Å². The molecule has 6 heteroatoms. The highest BCUT2D eigenvalue weighted by molar-refractivity contribution is 5.83. The maximum Gasteiger partial charge on any atom is 0.410 e. The predicted octanol–water partition coefficient (Wildman–Crippen LogP) is 0.589.